The molecule has 0 nitrogen and oxygen atoms in total. The van der Waals surface area contributed by atoms with Crippen molar-refractivity contribution in [2.24, 2.45) is 0 Å². The van der Waals surface area contributed by atoms with Gasteiger partial charge < -0.3 is 0 Å². The van der Waals surface area contributed by atoms with E-state index in [2.05, 4.69) is 45.7 Å². The Balaban J connectivity index is 3.01. The quantitative estimate of drug-likeness (QED) is 0.710. The molecule has 0 aliphatic heterocycles. The Labute approximate surface area is 101 Å². The van der Waals surface area contributed by atoms with Crippen molar-refractivity contribution in [1.82, 2.24) is 0 Å². The van der Waals surface area contributed by atoms with Crippen molar-refractivity contribution in [2.75, 3.05) is 5.33 Å². The Bertz CT molecular complexity index is 321. The van der Waals surface area contributed by atoms with Gasteiger partial charge in [0.25, 0.3) is 0 Å². The van der Waals surface area contributed by atoms with Gasteiger partial charge in [0.1, 0.15) is 5.82 Å². The molecule has 0 aliphatic rings. The lowest BCUT2D eigenvalue weighted by Gasteiger charge is -2.24. The summed E-state index contributed by atoms with van der Waals surface area (Å²) in [7, 11) is 0. The molecule has 0 fully saturated rings. The Hall–Kier alpha value is 0.110. The lowest BCUT2D eigenvalue weighted by Crippen LogP contribution is -2.17. The van der Waals surface area contributed by atoms with Crippen LogP contribution in [0.5, 0.6) is 0 Å². The van der Waals surface area contributed by atoms with E-state index in [1.807, 2.05) is 12.1 Å². The van der Waals surface area contributed by atoms with Gasteiger partial charge in [-0.1, -0.05) is 35.8 Å². The van der Waals surface area contributed by atoms with Gasteiger partial charge in [0.15, 0.2) is 0 Å². The van der Waals surface area contributed by atoms with E-state index in [9.17, 15) is 4.39 Å². The lowest BCUT2D eigenvalue weighted by molar-refractivity contribution is 0.509. The van der Waals surface area contributed by atoms with Crippen LogP contribution in [0, 0.1) is 5.82 Å². The third-order valence-electron chi connectivity index (χ3n) is 2.42. The molecular weight excluding hydrogens is 311 g/mol. The molecule has 0 aromatic heterocycles. The maximum Gasteiger partial charge on any atom is 0.137 e. The van der Waals surface area contributed by atoms with Crippen molar-refractivity contribution in [3.63, 3.8) is 0 Å². The number of hydrogen-bond donors (Lipinski definition) is 0. The van der Waals surface area contributed by atoms with E-state index in [4.69, 9.17) is 0 Å². The summed E-state index contributed by atoms with van der Waals surface area (Å²) in [6.07, 6.45) is 1.03. The molecule has 3 heteroatoms. The van der Waals surface area contributed by atoms with Gasteiger partial charge in [0, 0.05) is 5.33 Å². The molecule has 0 saturated heterocycles. The van der Waals surface area contributed by atoms with Crippen molar-refractivity contribution < 1.29 is 4.39 Å². The highest BCUT2D eigenvalue weighted by Crippen LogP contribution is 2.30. The second-order valence-electron chi connectivity index (χ2n) is 3.95. The second-order valence-corrected chi connectivity index (χ2v) is 5.60. The number of alkyl halides is 1. The van der Waals surface area contributed by atoms with Crippen molar-refractivity contribution in [1.29, 1.82) is 0 Å². The summed E-state index contributed by atoms with van der Waals surface area (Å²) in [6.45, 7) is 4.32. The molecular formula is C11H13Br2F. The third kappa shape index (κ3) is 2.80. The normalized spacial score (nSPS) is 11.8. The van der Waals surface area contributed by atoms with Crippen LogP contribution in [0.1, 0.15) is 25.8 Å². The van der Waals surface area contributed by atoms with Gasteiger partial charge in [-0.15, -0.1) is 0 Å². The number of halogens is 3. The average molecular weight is 324 g/mol. The maximum absolute atomic E-state index is 13.0. The minimum Gasteiger partial charge on any atom is -0.206 e. The highest BCUT2D eigenvalue weighted by molar-refractivity contribution is 9.10. The van der Waals surface area contributed by atoms with E-state index >= 15 is 0 Å². The van der Waals surface area contributed by atoms with Crippen molar-refractivity contribution in [3.05, 3.63) is 34.1 Å². The van der Waals surface area contributed by atoms with Crippen LogP contribution in [0.15, 0.2) is 22.7 Å². The standard InChI is InChI=1S/C11H13Br2F/c1-11(2,5-6-12)8-3-4-10(14)9(13)7-8/h3-4,7H,5-6H2,1-2H3. The first-order chi connectivity index (χ1) is 6.47. The summed E-state index contributed by atoms with van der Waals surface area (Å²) in [5.41, 5.74) is 1.24. The van der Waals surface area contributed by atoms with Gasteiger partial charge in [-0.3, -0.25) is 0 Å². The number of hydrogen-bond acceptors (Lipinski definition) is 0. The fraction of sp³-hybridized carbons (Fsp3) is 0.455. The summed E-state index contributed by atoms with van der Waals surface area (Å²) in [5.74, 6) is -0.205. The highest BCUT2D eigenvalue weighted by Gasteiger charge is 2.20. The minimum atomic E-state index is -0.205. The molecule has 14 heavy (non-hydrogen) atoms. The molecule has 0 heterocycles. The topological polar surface area (TPSA) is 0 Å². The molecule has 1 rings (SSSR count). The molecule has 0 unspecified atom stereocenters. The molecule has 0 saturated carbocycles. The summed E-state index contributed by atoms with van der Waals surface area (Å²) in [6, 6.07) is 5.22. The predicted molar refractivity (Wildman–Crippen MR) is 65.5 cm³/mol. The summed E-state index contributed by atoms with van der Waals surface area (Å²) in [5, 5.41) is 0.953. The third-order valence-corrected chi connectivity index (χ3v) is 3.42. The van der Waals surface area contributed by atoms with Crippen LogP contribution >= 0.6 is 31.9 Å². The molecule has 0 N–H and O–H groups in total. The van der Waals surface area contributed by atoms with Gasteiger partial charge in [0.2, 0.25) is 0 Å². The molecule has 0 radical (unpaired) electrons. The van der Waals surface area contributed by atoms with E-state index < -0.39 is 0 Å². The molecule has 1 aromatic carbocycles. The molecule has 0 amide bonds. The largest absolute Gasteiger partial charge is 0.206 e. The van der Waals surface area contributed by atoms with Crippen LogP contribution in [-0.4, -0.2) is 5.33 Å². The van der Waals surface area contributed by atoms with E-state index in [1.54, 1.807) is 0 Å². The van der Waals surface area contributed by atoms with Crippen LogP contribution in [0.25, 0.3) is 0 Å². The second kappa shape index (κ2) is 4.75. The highest BCUT2D eigenvalue weighted by atomic mass is 79.9. The van der Waals surface area contributed by atoms with E-state index in [0.717, 1.165) is 17.3 Å². The molecule has 0 atom stereocenters. The Kier molecular flexibility index (Phi) is 4.14. The zero-order valence-corrected chi connectivity index (χ0v) is 11.5. The van der Waals surface area contributed by atoms with Crippen LogP contribution < -0.4 is 0 Å². The van der Waals surface area contributed by atoms with Crippen molar-refractivity contribution >= 4 is 31.9 Å². The summed E-state index contributed by atoms with van der Waals surface area (Å²) in [4.78, 5) is 0. The van der Waals surface area contributed by atoms with Gasteiger partial charge in [-0.25, -0.2) is 4.39 Å². The molecule has 0 spiro atoms. The minimum absolute atomic E-state index is 0.0831. The van der Waals surface area contributed by atoms with Crippen LogP contribution in [0.2, 0.25) is 0 Å². The molecule has 78 valence electrons. The monoisotopic (exact) mass is 322 g/mol. The first kappa shape index (κ1) is 12.2. The first-order valence-corrected chi connectivity index (χ1v) is 6.40. The van der Waals surface area contributed by atoms with E-state index in [1.165, 1.54) is 6.07 Å². The van der Waals surface area contributed by atoms with Crippen LogP contribution in [-0.2, 0) is 5.41 Å². The van der Waals surface area contributed by atoms with Crippen LogP contribution in [0.4, 0.5) is 4.39 Å². The molecule has 1 aromatic rings. The summed E-state index contributed by atoms with van der Waals surface area (Å²) < 4.78 is 13.6. The fourth-order valence-corrected chi connectivity index (χ4v) is 2.67. The number of benzene rings is 1. The van der Waals surface area contributed by atoms with Gasteiger partial charge in [0.05, 0.1) is 4.47 Å². The fourth-order valence-electron chi connectivity index (χ4n) is 1.30. The summed E-state index contributed by atoms with van der Waals surface area (Å²) >= 11 is 6.63. The smallest absolute Gasteiger partial charge is 0.137 e. The first-order valence-electron chi connectivity index (χ1n) is 4.49. The number of rotatable bonds is 3. The van der Waals surface area contributed by atoms with Crippen molar-refractivity contribution in [2.45, 2.75) is 25.7 Å². The van der Waals surface area contributed by atoms with E-state index in [0.29, 0.717) is 4.47 Å². The molecule has 0 aliphatic carbocycles. The lowest BCUT2D eigenvalue weighted by atomic mass is 9.82. The van der Waals surface area contributed by atoms with Gasteiger partial charge >= 0.3 is 0 Å². The SMILES string of the molecule is CC(C)(CCBr)c1ccc(F)c(Br)c1. The Morgan fingerprint density at radius 2 is 2.00 bits per heavy atom. The van der Waals surface area contributed by atoms with Crippen molar-refractivity contribution in [3.8, 4) is 0 Å². The Morgan fingerprint density at radius 1 is 1.36 bits per heavy atom. The zero-order chi connectivity index (χ0) is 10.8. The molecule has 0 bridgehead atoms. The van der Waals surface area contributed by atoms with Gasteiger partial charge in [-0.2, -0.15) is 0 Å². The van der Waals surface area contributed by atoms with E-state index in [-0.39, 0.29) is 11.2 Å². The zero-order valence-electron chi connectivity index (χ0n) is 8.28. The van der Waals surface area contributed by atoms with Crippen LogP contribution in [0.3, 0.4) is 0 Å². The Morgan fingerprint density at radius 3 is 2.50 bits per heavy atom. The average Bonchev–Trinajstić information content (AvgIpc) is 2.09. The predicted octanol–water partition coefficient (Wildman–Crippen LogP) is 4.65. The maximum atomic E-state index is 13.0. The van der Waals surface area contributed by atoms with Gasteiger partial charge in [-0.05, 0) is 45.5 Å².